The highest BCUT2D eigenvalue weighted by molar-refractivity contribution is 7.12. The maximum Gasteiger partial charge on any atom is 0.261 e. The molecule has 2 heterocycles. The fourth-order valence-electron chi connectivity index (χ4n) is 3.98. The Kier molecular flexibility index (Phi) is 7.77. The minimum atomic E-state index is -0.537. The molecule has 1 aromatic heterocycles. The van der Waals surface area contributed by atoms with Gasteiger partial charge < -0.3 is 15.0 Å². The second-order valence-corrected chi connectivity index (χ2v) is 9.65. The SMILES string of the molecule is C[C@@H](NC(=O)c1cccs1)C(=O)N1CCN(CCCOc2ccc(C(=O)C3CC3)cc2)CC1. The van der Waals surface area contributed by atoms with Crippen LogP contribution in [-0.4, -0.2) is 72.8 Å². The molecule has 1 N–H and O–H groups in total. The van der Waals surface area contributed by atoms with Gasteiger partial charge in [-0.2, -0.15) is 0 Å². The van der Waals surface area contributed by atoms with E-state index in [9.17, 15) is 14.4 Å². The molecule has 2 aliphatic rings. The molecule has 0 unspecified atom stereocenters. The quantitative estimate of drug-likeness (QED) is 0.427. The fourth-order valence-corrected chi connectivity index (χ4v) is 4.60. The number of carbonyl (C=O) groups is 3. The predicted molar refractivity (Wildman–Crippen MR) is 128 cm³/mol. The Morgan fingerprint density at radius 3 is 2.45 bits per heavy atom. The molecule has 2 fully saturated rings. The number of hydrogen-bond acceptors (Lipinski definition) is 6. The smallest absolute Gasteiger partial charge is 0.261 e. The van der Waals surface area contributed by atoms with Crippen molar-refractivity contribution in [2.75, 3.05) is 39.3 Å². The Morgan fingerprint density at radius 2 is 1.82 bits per heavy atom. The van der Waals surface area contributed by atoms with Gasteiger partial charge in [0.25, 0.3) is 5.91 Å². The molecule has 1 saturated heterocycles. The van der Waals surface area contributed by atoms with E-state index in [1.54, 1.807) is 13.0 Å². The molecule has 8 heteroatoms. The van der Waals surface area contributed by atoms with Gasteiger partial charge in [-0.3, -0.25) is 19.3 Å². The third-order valence-corrected chi connectivity index (χ3v) is 6.99. The zero-order valence-electron chi connectivity index (χ0n) is 19.0. The van der Waals surface area contributed by atoms with E-state index in [0.717, 1.165) is 50.2 Å². The van der Waals surface area contributed by atoms with Gasteiger partial charge in [0.1, 0.15) is 11.8 Å². The molecule has 1 aliphatic carbocycles. The maximum atomic E-state index is 12.7. The molecular formula is C25H31N3O4S. The summed E-state index contributed by atoms with van der Waals surface area (Å²) in [5, 5.41) is 4.64. The van der Waals surface area contributed by atoms with Gasteiger partial charge in [0.15, 0.2) is 5.78 Å². The normalized spacial score (nSPS) is 17.4. The molecule has 7 nitrogen and oxygen atoms in total. The number of nitrogens with zero attached hydrogens (tertiary/aromatic N) is 2. The van der Waals surface area contributed by atoms with Crippen molar-refractivity contribution in [3.05, 3.63) is 52.2 Å². The Morgan fingerprint density at radius 1 is 1.09 bits per heavy atom. The van der Waals surface area contributed by atoms with Crippen molar-refractivity contribution in [3.63, 3.8) is 0 Å². The number of thiophene rings is 1. The fraction of sp³-hybridized carbons (Fsp3) is 0.480. The minimum Gasteiger partial charge on any atom is -0.494 e. The van der Waals surface area contributed by atoms with Crippen LogP contribution in [0.25, 0.3) is 0 Å². The van der Waals surface area contributed by atoms with Crippen LogP contribution in [0.3, 0.4) is 0 Å². The summed E-state index contributed by atoms with van der Waals surface area (Å²) < 4.78 is 5.82. The number of piperazine rings is 1. The van der Waals surface area contributed by atoms with Gasteiger partial charge in [-0.05, 0) is 61.9 Å². The maximum absolute atomic E-state index is 12.7. The van der Waals surface area contributed by atoms with Crippen molar-refractivity contribution < 1.29 is 19.1 Å². The van der Waals surface area contributed by atoms with E-state index in [0.29, 0.717) is 24.6 Å². The van der Waals surface area contributed by atoms with E-state index in [2.05, 4.69) is 10.2 Å². The van der Waals surface area contributed by atoms with E-state index in [4.69, 9.17) is 4.74 Å². The lowest BCUT2D eigenvalue weighted by atomic mass is 10.1. The van der Waals surface area contributed by atoms with Crippen LogP contribution in [0, 0.1) is 5.92 Å². The zero-order valence-corrected chi connectivity index (χ0v) is 19.8. The van der Waals surface area contributed by atoms with E-state index in [-0.39, 0.29) is 23.5 Å². The van der Waals surface area contributed by atoms with Gasteiger partial charge in [-0.15, -0.1) is 11.3 Å². The van der Waals surface area contributed by atoms with Gasteiger partial charge >= 0.3 is 0 Å². The van der Waals surface area contributed by atoms with E-state index >= 15 is 0 Å². The third kappa shape index (κ3) is 6.42. The predicted octanol–water partition coefficient (Wildman–Crippen LogP) is 3.07. The van der Waals surface area contributed by atoms with Crippen LogP contribution in [0.5, 0.6) is 5.75 Å². The van der Waals surface area contributed by atoms with Crippen molar-refractivity contribution in [2.45, 2.75) is 32.2 Å². The molecule has 1 aromatic carbocycles. The van der Waals surface area contributed by atoms with Crippen molar-refractivity contribution in [1.29, 1.82) is 0 Å². The summed E-state index contributed by atoms with van der Waals surface area (Å²) in [4.78, 5) is 41.7. The minimum absolute atomic E-state index is 0.0356. The van der Waals surface area contributed by atoms with Crippen molar-refractivity contribution >= 4 is 28.9 Å². The van der Waals surface area contributed by atoms with Gasteiger partial charge in [0, 0.05) is 44.2 Å². The van der Waals surface area contributed by atoms with Gasteiger partial charge in [-0.25, -0.2) is 0 Å². The number of ketones is 1. The zero-order chi connectivity index (χ0) is 23.2. The van der Waals surface area contributed by atoms with Crippen LogP contribution < -0.4 is 10.1 Å². The second kappa shape index (κ2) is 10.9. The summed E-state index contributed by atoms with van der Waals surface area (Å²) in [6.07, 6.45) is 2.93. The van der Waals surface area contributed by atoms with Crippen LogP contribution in [-0.2, 0) is 4.79 Å². The van der Waals surface area contributed by atoms with Crippen LogP contribution in [0.1, 0.15) is 46.2 Å². The average molecular weight is 470 g/mol. The molecule has 1 saturated carbocycles. The second-order valence-electron chi connectivity index (χ2n) is 8.70. The standard InChI is InChI=1S/C25H31N3O4S/c1-18(26-24(30)22-4-2-17-33-22)25(31)28-14-12-27(13-15-28)11-3-16-32-21-9-7-20(8-10-21)23(29)19-5-6-19/h2,4,7-10,17-19H,3,5-6,11-16H2,1H3,(H,26,30)/t18-/m1/s1. The van der Waals surface area contributed by atoms with E-state index < -0.39 is 6.04 Å². The average Bonchev–Trinajstić information content (AvgIpc) is 3.54. The van der Waals surface area contributed by atoms with Gasteiger partial charge in [-0.1, -0.05) is 6.07 Å². The summed E-state index contributed by atoms with van der Waals surface area (Å²) in [5.74, 6) is 1.04. The van der Waals surface area contributed by atoms with Crippen LogP contribution in [0.15, 0.2) is 41.8 Å². The number of carbonyl (C=O) groups excluding carboxylic acids is 3. The number of amides is 2. The van der Waals surface area contributed by atoms with Crippen LogP contribution in [0.4, 0.5) is 0 Å². The first kappa shape index (κ1) is 23.4. The Hall–Kier alpha value is -2.71. The Balaban J connectivity index is 1.11. The van der Waals surface area contributed by atoms with Crippen molar-refractivity contribution in [3.8, 4) is 5.75 Å². The number of Topliss-reactive ketones (excluding diaryl/α,β-unsaturated/α-hetero) is 1. The van der Waals surface area contributed by atoms with Gasteiger partial charge in [0.2, 0.25) is 5.91 Å². The molecular weight excluding hydrogens is 438 g/mol. The largest absolute Gasteiger partial charge is 0.494 e. The van der Waals surface area contributed by atoms with Crippen LogP contribution in [0.2, 0.25) is 0 Å². The number of ether oxygens (including phenoxy) is 1. The first-order chi connectivity index (χ1) is 16.0. The molecule has 2 aromatic rings. The first-order valence-electron chi connectivity index (χ1n) is 11.6. The number of hydrogen-bond donors (Lipinski definition) is 1. The van der Waals surface area contributed by atoms with Crippen molar-refractivity contribution in [1.82, 2.24) is 15.1 Å². The topological polar surface area (TPSA) is 79.0 Å². The first-order valence-corrected chi connectivity index (χ1v) is 12.5. The molecule has 33 heavy (non-hydrogen) atoms. The molecule has 4 rings (SSSR count). The monoisotopic (exact) mass is 469 g/mol. The lowest BCUT2D eigenvalue weighted by molar-refractivity contribution is -0.134. The van der Waals surface area contributed by atoms with Crippen molar-refractivity contribution in [2.24, 2.45) is 5.92 Å². The molecule has 176 valence electrons. The summed E-state index contributed by atoms with van der Waals surface area (Å²) in [7, 11) is 0. The lowest BCUT2D eigenvalue weighted by Crippen LogP contribution is -2.54. The Bertz CT molecular complexity index is 949. The molecule has 0 bridgehead atoms. The van der Waals surface area contributed by atoms with Gasteiger partial charge in [0.05, 0.1) is 11.5 Å². The highest BCUT2D eigenvalue weighted by Gasteiger charge is 2.30. The molecule has 1 atom stereocenters. The van der Waals surface area contributed by atoms with E-state index in [1.165, 1.54) is 11.3 Å². The summed E-state index contributed by atoms with van der Waals surface area (Å²) >= 11 is 1.37. The third-order valence-electron chi connectivity index (χ3n) is 6.12. The molecule has 0 spiro atoms. The summed E-state index contributed by atoms with van der Waals surface area (Å²) in [6.45, 7) is 6.22. The summed E-state index contributed by atoms with van der Waals surface area (Å²) in [5.41, 5.74) is 0.776. The molecule has 2 amide bonds. The lowest BCUT2D eigenvalue weighted by Gasteiger charge is -2.36. The highest BCUT2D eigenvalue weighted by Crippen LogP contribution is 2.32. The molecule has 0 radical (unpaired) electrons. The molecule has 1 aliphatic heterocycles. The Labute approximate surface area is 198 Å². The summed E-state index contributed by atoms with van der Waals surface area (Å²) in [6, 6.07) is 10.5. The van der Waals surface area contributed by atoms with Crippen LogP contribution >= 0.6 is 11.3 Å². The number of rotatable bonds is 10. The number of nitrogens with one attached hydrogen (secondary N) is 1. The highest BCUT2D eigenvalue weighted by atomic mass is 32.1. The van der Waals surface area contributed by atoms with E-state index in [1.807, 2.05) is 40.6 Å². The number of benzene rings is 1.